The standard InChI is InChI=1S/C16H28N2O/c1-5-13-10-14(18(4)17-13)11-15(19)12-6-8-16(2,3)9-7-12/h10,12,15,19H,5-9,11H2,1-4H3. The SMILES string of the molecule is CCc1cc(CC(O)C2CCC(C)(C)CC2)n(C)n1. The Hall–Kier alpha value is -0.830. The van der Waals surface area contributed by atoms with Crippen molar-refractivity contribution in [2.24, 2.45) is 18.4 Å². The first-order chi connectivity index (χ1) is 8.91. The molecule has 1 aliphatic carbocycles. The summed E-state index contributed by atoms with van der Waals surface area (Å²) in [5, 5.41) is 14.9. The summed E-state index contributed by atoms with van der Waals surface area (Å²) >= 11 is 0. The van der Waals surface area contributed by atoms with E-state index in [0.29, 0.717) is 11.3 Å². The molecule has 1 saturated carbocycles. The van der Waals surface area contributed by atoms with Gasteiger partial charge in [-0.2, -0.15) is 5.10 Å². The third kappa shape index (κ3) is 3.59. The molecule has 1 atom stereocenters. The van der Waals surface area contributed by atoms with Crippen LogP contribution in [0.2, 0.25) is 0 Å². The van der Waals surface area contributed by atoms with Crippen molar-refractivity contribution in [2.75, 3.05) is 0 Å². The Kier molecular flexibility index (Phi) is 4.34. The highest BCUT2D eigenvalue weighted by atomic mass is 16.3. The maximum absolute atomic E-state index is 10.5. The number of rotatable bonds is 4. The van der Waals surface area contributed by atoms with E-state index >= 15 is 0 Å². The molecule has 3 nitrogen and oxygen atoms in total. The molecular formula is C16H28N2O. The quantitative estimate of drug-likeness (QED) is 0.907. The molecule has 0 radical (unpaired) electrons. The Morgan fingerprint density at radius 1 is 1.42 bits per heavy atom. The maximum atomic E-state index is 10.5. The van der Waals surface area contributed by atoms with Crippen molar-refractivity contribution in [1.82, 2.24) is 9.78 Å². The summed E-state index contributed by atoms with van der Waals surface area (Å²) in [7, 11) is 1.98. The minimum atomic E-state index is -0.212. The molecule has 2 rings (SSSR count). The summed E-state index contributed by atoms with van der Waals surface area (Å²) in [6.07, 6.45) is 6.28. The number of hydrogen-bond acceptors (Lipinski definition) is 2. The largest absolute Gasteiger partial charge is 0.392 e. The Morgan fingerprint density at radius 2 is 2.05 bits per heavy atom. The predicted molar refractivity (Wildman–Crippen MR) is 78.0 cm³/mol. The van der Waals surface area contributed by atoms with Gasteiger partial charge in [0, 0.05) is 19.2 Å². The summed E-state index contributed by atoms with van der Waals surface area (Å²) in [5.74, 6) is 0.466. The van der Waals surface area contributed by atoms with Gasteiger partial charge in [-0.25, -0.2) is 0 Å². The molecule has 1 fully saturated rings. The van der Waals surface area contributed by atoms with Crippen molar-refractivity contribution in [3.63, 3.8) is 0 Å². The molecule has 1 heterocycles. The van der Waals surface area contributed by atoms with Gasteiger partial charge in [-0.05, 0) is 49.5 Å². The Labute approximate surface area is 117 Å². The Bertz CT molecular complexity index is 412. The molecular weight excluding hydrogens is 236 g/mol. The van der Waals surface area contributed by atoms with Gasteiger partial charge in [0.05, 0.1) is 11.8 Å². The van der Waals surface area contributed by atoms with Crippen molar-refractivity contribution in [3.8, 4) is 0 Å². The predicted octanol–water partition coefficient (Wildman–Crippen LogP) is 3.10. The lowest BCUT2D eigenvalue weighted by Crippen LogP contribution is -2.30. The second-order valence-corrected chi connectivity index (χ2v) is 6.88. The second-order valence-electron chi connectivity index (χ2n) is 6.88. The zero-order valence-corrected chi connectivity index (χ0v) is 12.8. The molecule has 0 spiro atoms. The van der Waals surface area contributed by atoms with Gasteiger partial charge in [0.1, 0.15) is 0 Å². The van der Waals surface area contributed by atoms with Crippen LogP contribution in [-0.2, 0) is 19.9 Å². The van der Waals surface area contributed by atoms with E-state index in [0.717, 1.165) is 37.1 Å². The van der Waals surface area contributed by atoms with Gasteiger partial charge in [0.15, 0.2) is 0 Å². The normalized spacial score (nSPS) is 21.5. The minimum Gasteiger partial charge on any atom is -0.392 e. The van der Waals surface area contributed by atoms with Crippen LogP contribution >= 0.6 is 0 Å². The maximum Gasteiger partial charge on any atom is 0.0624 e. The molecule has 0 aromatic carbocycles. The van der Waals surface area contributed by atoms with Crippen LogP contribution in [0.25, 0.3) is 0 Å². The molecule has 0 amide bonds. The lowest BCUT2D eigenvalue weighted by molar-refractivity contribution is 0.0564. The van der Waals surface area contributed by atoms with Crippen molar-refractivity contribution in [3.05, 3.63) is 17.5 Å². The van der Waals surface area contributed by atoms with Crippen LogP contribution in [0.4, 0.5) is 0 Å². The van der Waals surface area contributed by atoms with Crippen molar-refractivity contribution in [1.29, 1.82) is 0 Å². The Balaban J connectivity index is 1.94. The number of aliphatic hydroxyl groups excluding tert-OH is 1. The van der Waals surface area contributed by atoms with Crippen LogP contribution in [0.1, 0.15) is 57.8 Å². The average molecular weight is 264 g/mol. The fourth-order valence-electron chi connectivity index (χ4n) is 3.12. The van der Waals surface area contributed by atoms with Gasteiger partial charge >= 0.3 is 0 Å². The van der Waals surface area contributed by atoms with E-state index in [2.05, 4.69) is 31.9 Å². The number of hydrogen-bond donors (Lipinski definition) is 1. The highest BCUT2D eigenvalue weighted by Crippen LogP contribution is 2.39. The first-order valence-electron chi connectivity index (χ1n) is 7.61. The van der Waals surface area contributed by atoms with Gasteiger partial charge in [-0.1, -0.05) is 20.8 Å². The smallest absolute Gasteiger partial charge is 0.0624 e. The zero-order chi connectivity index (χ0) is 14.0. The first kappa shape index (κ1) is 14.6. The summed E-state index contributed by atoms with van der Waals surface area (Å²) in [6.45, 7) is 6.79. The van der Waals surface area contributed by atoms with Crippen LogP contribution in [0.5, 0.6) is 0 Å². The fourth-order valence-corrected chi connectivity index (χ4v) is 3.12. The summed E-state index contributed by atoms with van der Waals surface area (Å²) in [4.78, 5) is 0. The highest BCUT2D eigenvalue weighted by molar-refractivity contribution is 5.11. The van der Waals surface area contributed by atoms with Crippen molar-refractivity contribution < 1.29 is 5.11 Å². The van der Waals surface area contributed by atoms with Crippen LogP contribution < -0.4 is 0 Å². The topological polar surface area (TPSA) is 38.0 Å². The molecule has 1 unspecified atom stereocenters. The summed E-state index contributed by atoms with van der Waals surface area (Å²) in [5.41, 5.74) is 2.75. The Morgan fingerprint density at radius 3 is 2.58 bits per heavy atom. The third-order valence-corrected chi connectivity index (χ3v) is 4.74. The van der Waals surface area contributed by atoms with Crippen LogP contribution in [0.3, 0.4) is 0 Å². The van der Waals surface area contributed by atoms with E-state index in [1.165, 1.54) is 12.8 Å². The molecule has 0 saturated heterocycles. The monoisotopic (exact) mass is 264 g/mol. The van der Waals surface area contributed by atoms with Gasteiger partial charge in [0.2, 0.25) is 0 Å². The van der Waals surface area contributed by atoms with Crippen LogP contribution in [0, 0.1) is 11.3 Å². The van der Waals surface area contributed by atoms with E-state index in [1.807, 2.05) is 11.7 Å². The first-order valence-corrected chi connectivity index (χ1v) is 7.61. The molecule has 0 aliphatic heterocycles. The highest BCUT2D eigenvalue weighted by Gasteiger charge is 2.30. The van der Waals surface area contributed by atoms with E-state index < -0.39 is 0 Å². The van der Waals surface area contributed by atoms with Gasteiger partial charge in [0.25, 0.3) is 0 Å². The average Bonchev–Trinajstić information content (AvgIpc) is 2.70. The van der Waals surface area contributed by atoms with Gasteiger partial charge < -0.3 is 5.11 Å². The van der Waals surface area contributed by atoms with Gasteiger partial charge in [-0.15, -0.1) is 0 Å². The fraction of sp³-hybridized carbons (Fsp3) is 0.812. The van der Waals surface area contributed by atoms with Crippen LogP contribution in [0.15, 0.2) is 6.07 Å². The van der Waals surface area contributed by atoms with E-state index in [-0.39, 0.29) is 6.10 Å². The number of aromatic nitrogens is 2. The van der Waals surface area contributed by atoms with E-state index in [1.54, 1.807) is 0 Å². The third-order valence-electron chi connectivity index (χ3n) is 4.74. The molecule has 1 aliphatic rings. The van der Waals surface area contributed by atoms with Crippen molar-refractivity contribution in [2.45, 2.75) is 65.4 Å². The minimum absolute atomic E-state index is 0.212. The lowest BCUT2D eigenvalue weighted by atomic mass is 9.71. The molecule has 108 valence electrons. The second kappa shape index (κ2) is 5.66. The summed E-state index contributed by atoms with van der Waals surface area (Å²) in [6, 6.07) is 2.13. The lowest BCUT2D eigenvalue weighted by Gasteiger charge is -2.36. The molecule has 3 heteroatoms. The number of nitrogens with zero attached hydrogens (tertiary/aromatic N) is 2. The summed E-state index contributed by atoms with van der Waals surface area (Å²) < 4.78 is 1.93. The molecule has 1 aromatic heterocycles. The van der Waals surface area contributed by atoms with Gasteiger partial charge in [-0.3, -0.25) is 4.68 Å². The molecule has 1 N–H and O–H groups in total. The number of aryl methyl sites for hydroxylation is 2. The molecule has 0 bridgehead atoms. The molecule has 1 aromatic rings. The zero-order valence-electron chi connectivity index (χ0n) is 12.8. The van der Waals surface area contributed by atoms with E-state index in [9.17, 15) is 5.11 Å². The number of aliphatic hydroxyl groups is 1. The van der Waals surface area contributed by atoms with E-state index in [4.69, 9.17) is 0 Å². The van der Waals surface area contributed by atoms with Crippen LogP contribution in [-0.4, -0.2) is 21.0 Å². The van der Waals surface area contributed by atoms with Crippen molar-refractivity contribution >= 4 is 0 Å². The molecule has 19 heavy (non-hydrogen) atoms.